The zero-order valence-corrected chi connectivity index (χ0v) is 12.4. The molecule has 4 heteroatoms. The summed E-state index contributed by atoms with van der Waals surface area (Å²) >= 11 is 0. The van der Waals surface area contributed by atoms with Crippen molar-refractivity contribution in [1.29, 1.82) is 0 Å². The van der Waals surface area contributed by atoms with Gasteiger partial charge in [-0.3, -0.25) is 4.79 Å². The Hall–Kier alpha value is -1.55. The lowest BCUT2D eigenvalue weighted by atomic mass is 9.85. The van der Waals surface area contributed by atoms with E-state index in [4.69, 9.17) is 10.5 Å². The fourth-order valence-electron chi connectivity index (χ4n) is 2.50. The van der Waals surface area contributed by atoms with Gasteiger partial charge in [-0.25, -0.2) is 0 Å². The molecule has 20 heavy (non-hydrogen) atoms. The summed E-state index contributed by atoms with van der Waals surface area (Å²) in [5.41, 5.74) is 8.58. The van der Waals surface area contributed by atoms with E-state index in [1.165, 1.54) is 12.7 Å². The maximum Gasteiger partial charge on any atom is 0.305 e. The molecule has 1 aliphatic rings. The standard InChI is InChI=1S/C16H23NO3/c1-16(2)10-20-14-8-7-11(9-12(14)16)13(17)5-4-6-15(18)19-3/h7-9,13H,4-6,10,17H2,1-3H3. The number of benzene rings is 1. The first-order chi connectivity index (χ1) is 9.44. The number of ether oxygens (including phenoxy) is 2. The molecule has 0 saturated carbocycles. The van der Waals surface area contributed by atoms with Gasteiger partial charge in [0.2, 0.25) is 0 Å². The Morgan fingerprint density at radius 3 is 2.95 bits per heavy atom. The number of methoxy groups -OCH3 is 1. The number of hydrogen-bond donors (Lipinski definition) is 1. The predicted molar refractivity (Wildman–Crippen MR) is 77.8 cm³/mol. The second-order valence-electron chi connectivity index (χ2n) is 6.00. The predicted octanol–water partition coefficient (Wildman–Crippen LogP) is 2.70. The van der Waals surface area contributed by atoms with E-state index in [9.17, 15) is 4.79 Å². The molecule has 0 aromatic heterocycles. The number of rotatable bonds is 5. The van der Waals surface area contributed by atoms with Crippen molar-refractivity contribution in [1.82, 2.24) is 0 Å². The highest BCUT2D eigenvalue weighted by molar-refractivity contribution is 5.69. The molecular formula is C16H23NO3. The van der Waals surface area contributed by atoms with Crippen LogP contribution in [0.3, 0.4) is 0 Å². The maximum atomic E-state index is 11.1. The number of carbonyl (C=O) groups is 1. The van der Waals surface area contributed by atoms with Gasteiger partial charge in [-0.1, -0.05) is 19.9 Å². The minimum absolute atomic E-state index is 0.0388. The highest BCUT2D eigenvalue weighted by Gasteiger charge is 2.32. The van der Waals surface area contributed by atoms with Crippen molar-refractivity contribution >= 4 is 5.97 Å². The molecular weight excluding hydrogens is 254 g/mol. The molecule has 0 spiro atoms. The lowest BCUT2D eigenvalue weighted by Gasteiger charge is -2.18. The van der Waals surface area contributed by atoms with Gasteiger partial charge in [-0.05, 0) is 30.5 Å². The van der Waals surface area contributed by atoms with Crippen LogP contribution >= 0.6 is 0 Å². The average Bonchev–Trinajstić information content (AvgIpc) is 2.74. The van der Waals surface area contributed by atoms with Crippen LogP contribution < -0.4 is 10.5 Å². The Labute approximate surface area is 120 Å². The van der Waals surface area contributed by atoms with Crippen LogP contribution in [-0.4, -0.2) is 19.7 Å². The maximum absolute atomic E-state index is 11.1. The van der Waals surface area contributed by atoms with Gasteiger partial charge in [0, 0.05) is 23.4 Å². The zero-order chi connectivity index (χ0) is 14.8. The Balaban J connectivity index is 2.01. The lowest BCUT2D eigenvalue weighted by molar-refractivity contribution is -0.140. The van der Waals surface area contributed by atoms with Crippen LogP contribution in [-0.2, 0) is 14.9 Å². The van der Waals surface area contributed by atoms with E-state index >= 15 is 0 Å². The van der Waals surface area contributed by atoms with E-state index in [2.05, 4.69) is 24.7 Å². The number of esters is 1. The Kier molecular flexibility index (Phi) is 4.33. The van der Waals surface area contributed by atoms with E-state index in [1.54, 1.807) is 0 Å². The molecule has 0 amide bonds. The van der Waals surface area contributed by atoms with Crippen molar-refractivity contribution in [3.63, 3.8) is 0 Å². The highest BCUT2D eigenvalue weighted by atomic mass is 16.5. The van der Waals surface area contributed by atoms with Crippen LogP contribution in [0.15, 0.2) is 18.2 Å². The van der Waals surface area contributed by atoms with Gasteiger partial charge in [-0.15, -0.1) is 0 Å². The normalized spacial score (nSPS) is 17.2. The summed E-state index contributed by atoms with van der Waals surface area (Å²) in [6.07, 6.45) is 1.93. The molecule has 0 saturated heterocycles. The minimum atomic E-state index is -0.180. The minimum Gasteiger partial charge on any atom is -0.492 e. The van der Waals surface area contributed by atoms with Crippen molar-refractivity contribution in [2.45, 2.75) is 44.6 Å². The average molecular weight is 277 g/mol. The first-order valence-corrected chi connectivity index (χ1v) is 7.03. The summed E-state index contributed by atoms with van der Waals surface area (Å²) in [6, 6.07) is 6.11. The first-order valence-electron chi connectivity index (χ1n) is 7.03. The van der Waals surface area contributed by atoms with Crippen LogP contribution in [0, 0.1) is 0 Å². The molecule has 1 atom stereocenters. The third-order valence-corrected chi connectivity index (χ3v) is 3.87. The van der Waals surface area contributed by atoms with Crippen LogP contribution in [0.4, 0.5) is 0 Å². The SMILES string of the molecule is COC(=O)CCCC(N)c1ccc2c(c1)C(C)(C)CO2. The van der Waals surface area contributed by atoms with Gasteiger partial charge in [0.1, 0.15) is 5.75 Å². The summed E-state index contributed by atoms with van der Waals surface area (Å²) in [5.74, 6) is 0.779. The summed E-state index contributed by atoms with van der Waals surface area (Å²) in [6.45, 7) is 5.06. The molecule has 1 aliphatic heterocycles. The highest BCUT2D eigenvalue weighted by Crippen LogP contribution is 2.39. The Morgan fingerprint density at radius 1 is 1.50 bits per heavy atom. The third kappa shape index (κ3) is 3.12. The van der Waals surface area contributed by atoms with E-state index in [-0.39, 0.29) is 17.4 Å². The summed E-state index contributed by atoms with van der Waals surface area (Å²) in [4.78, 5) is 11.1. The fourth-order valence-corrected chi connectivity index (χ4v) is 2.50. The van der Waals surface area contributed by atoms with Crippen molar-refractivity contribution in [2.24, 2.45) is 5.73 Å². The second-order valence-corrected chi connectivity index (χ2v) is 6.00. The van der Waals surface area contributed by atoms with E-state index in [1.807, 2.05) is 12.1 Å². The first kappa shape index (κ1) is 14.9. The fraction of sp³-hybridized carbons (Fsp3) is 0.562. The van der Waals surface area contributed by atoms with Gasteiger partial charge < -0.3 is 15.2 Å². The monoisotopic (exact) mass is 277 g/mol. The van der Waals surface area contributed by atoms with Gasteiger partial charge in [0.15, 0.2) is 0 Å². The molecule has 4 nitrogen and oxygen atoms in total. The van der Waals surface area contributed by atoms with Crippen molar-refractivity contribution in [2.75, 3.05) is 13.7 Å². The molecule has 1 aromatic carbocycles. The zero-order valence-electron chi connectivity index (χ0n) is 12.4. The summed E-state index contributed by atoms with van der Waals surface area (Å²) < 4.78 is 10.3. The van der Waals surface area contributed by atoms with Crippen molar-refractivity contribution in [3.8, 4) is 5.75 Å². The third-order valence-electron chi connectivity index (χ3n) is 3.87. The van der Waals surface area contributed by atoms with Crippen LogP contribution in [0.25, 0.3) is 0 Å². The van der Waals surface area contributed by atoms with Gasteiger partial charge in [0.05, 0.1) is 13.7 Å². The summed E-state index contributed by atoms with van der Waals surface area (Å²) in [5, 5.41) is 0. The van der Waals surface area contributed by atoms with Crippen LogP contribution in [0.1, 0.15) is 50.3 Å². The molecule has 2 rings (SSSR count). The number of carbonyl (C=O) groups excluding carboxylic acids is 1. The number of fused-ring (bicyclic) bond motifs is 1. The van der Waals surface area contributed by atoms with Gasteiger partial charge in [0.25, 0.3) is 0 Å². The van der Waals surface area contributed by atoms with Crippen LogP contribution in [0.5, 0.6) is 5.75 Å². The molecule has 1 unspecified atom stereocenters. The number of nitrogens with two attached hydrogens (primary N) is 1. The smallest absolute Gasteiger partial charge is 0.305 e. The molecule has 0 fully saturated rings. The molecule has 110 valence electrons. The molecule has 2 N–H and O–H groups in total. The van der Waals surface area contributed by atoms with Crippen molar-refractivity contribution in [3.05, 3.63) is 29.3 Å². The molecule has 1 aromatic rings. The van der Waals surface area contributed by atoms with E-state index in [0.717, 1.165) is 24.2 Å². The van der Waals surface area contributed by atoms with Gasteiger partial charge in [-0.2, -0.15) is 0 Å². The second kappa shape index (κ2) is 5.83. The van der Waals surface area contributed by atoms with E-state index < -0.39 is 0 Å². The Bertz CT molecular complexity index is 496. The lowest BCUT2D eigenvalue weighted by Crippen LogP contribution is -2.19. The molecule has 0 aliphatic carbocycles. The topological polar surface area (TPSA) is 61.5 Å². The van der Waals surface area contributed by atoms with Gasteiger partial charge >= 0.3 is 5.97 Å². The molecule has 0 bridgehead atoms. The quantitative estimate of drug-likeness (QED) is 0.841. The molecule has 1 heterocycles. The Morgan fingerprint density at radius 2 is 2.25 bits per heavy atom. The van der Waals surface area contributed by atoms with Crippen molar-refractivity contribution < 1.29 is 14.3 Å². The molecule has 0 radical (unpaired) electrons. The van der Waals surface area contributed by atoms with Crippen LogP contribution in [0.2, 0.25) is 0 Å². The number of hydrogen-bond acceptors (Lipinski definition) is 4. The van der Waals surface area contributed by atoms with E-state index in [0.29, 0.717) is 13.0 Å². The summed E-state index contributed by atoms with van der Waals surface area (Å²) in [7, 11) is 1.41. The largest absolute Gasteiger partial charge is 0.492 e.